The highest BCUT2D eigenvalue weighted by molar-refractivity contribution is 9.10. The molecule has 8 nitrogen and oxygen atoms in total. The summed E-state index contributed by atoms with van der Waals surface area (Å²) in [5, 5.41) is 12.7. The summed E-state index contributed by atoms with van der Waals surface area (Å²) in [7, 11) is 0. The second-order valence-corrected chi connectivity index (χ2v) is 8.96. The zero-order valence-corrected chi connectivity index (χ0v) is 19.2. The molecular formula is C23H20BrN2O6-. The Bertz CT molecular complexity index is 1130. The second kappa shape index (κ2) is 8.96. The molecule has 4 amide bonds. The molecule has 0 bridgehead atoms. The maximum absolute atomic E-state index is 13.0. The van der Waals surface area contributed by atoms with Crippen LogP contribution in [0.25, 0.3) is 6.08 Å². The summed E-state index contributed by atoms with van der Waals surface area (Å²) in [6, 6.07) is 10.7. The number of hydrogen-bond donors (Lipinski definition) is 1. The van der Waals surface area contributed by atoms with Crippen LogP contribution >= 0.6 is 15.9 Å². The summed E-state index contributed by atoms with van der Waals surface area (Å²) in [4.78, 5) is 49.2. The number of anilines is 1. The number of aliphatic carboxylic acids is 1. The number of benzene rings is 2. The van der Waals surface area contributed by atoms with Gasteiger partial charge in [0.15, 0.2) is 0 Å². The number of barbiturate groups is 1. The predicted octanol–water partition coefficient (Wildman–Crippen LogP) is 2.54. The van der Waals surface area contributed by atoms with E-state index in [4.69, 9.17) is 4.74 Å². The zero-order chi connectivity index (χ0) is 23.6. The number of carboxylic acids is 1. The van der Waals surface area contributed by atoms with Crippen molar-refractivity contribution in [1.82, 2.24) is 5.32 Å². The molecule has 0 radical (unpaired) electrons. The number of ether oxygens (including phenoxy) is 1. The van der Waals surface area contributed by atoms with Gasteiger partial charge >= 0.3 is 6.03 Å². The molecule has 0 aromatic heterocycles. The van der Waals surface area contributed by atoms with Gasteiger partial charge in [0.05, 0.1) is 16.1 Å². The van der Waals surface area contributed by atoms with Gasteiger partial charge in [-0.3, -0.25) is 14.9 Å². The molecule has 1 N–H and O–H groups in total. The van der Waals surface area contributed by atoms with Crippen LogP contribution in [0, 0.1) is 0 Å². The number of halogens is 1. The van der Waals surface area contributed by atoms with Crippen LogP contribution < -0.4 is 20.1 Å². The lowest BCUT2D eigenvalue weighted by Gasteiger charge is -2.27. The van der Waals surface area contributed by atoms with Crippen molar-refractivity contribution in [3.05, 3.63) is 63.6 Å². The van der Waals surface area contributed by atoms with E-state index in [0.29, 0.717) is 15.7 Å². The fourth-order valence-electron chi connectivity index (χ4n) is 3.03. The van der Waals surface area contributed by atoms with Gasteiger partial charge in [-0.05, 0) is 62.8 Å². The first-order valence-corrected chi connectivity index (χ1v) is 10.4. The number of carboxylic acid groups (broad SMARTS) is 1. The lowest BCUT2D eigenvalue weighted by molar-refractivity contribution is -0.307. The molecule has 0 aliphatic carbocycles. The third-order valence-electron chi connectivity index (χ3n) is 4.71. The van der Waals surface area contributed by atoms with Crippen LogP contribution in [-0.4, -0.2) is 30.4 Å². The van der Waals surface area contributed by atoms with Crippen LogP contribution in [0.2, 0.25) is 0 Å². The highest BCUT2D eigenvalue weighted by Gasteiger charge is 2.36. The molecule has 1 saturated heterocycles. The van der Waals surface area contributed by atoms with Gasteiger partial charge in [-0.15, -0.1) is 0 Å². The molecule has 2 aromatic carbocycles. The maximum Gasteiger partial charge on any atom is 0.335 e. The number of amides is 4. The van der Waals surface area contributed by atoms with Gasteiger partial charge < -0.3 is 14.6 Å². The van der Waals surface area contributed by atoms with Gasteiger partial charge in [-0.25, -0.2) is 9.69 Å². The lowest BCUT2D eigenvalue weighted by Crippen LogP contribution is -2.54. The number of rotatable bonds is 5. The quantitative estimate of drug-likeness (QED) is 0.499. The number of carbonyl (C=O) groups excluding carboxylic acids is 4. The van der Waals surface area contributed by atoms with E-state index in [1.165, 1.54) is 12.1 Å². The van der Waals surface area contributed by atoms with Crippen molar-refractivity contribution in [1.29, 1.82) is 0 Å². The van der Waals surface area contributed by atoms with Gasteiger partial charge in [0.25, 0.3) is 11.8 Å². The van der Waals surface area contributed by atoms with Crippen LogP contribution in [0.1, 0.15) is 31.9 Å². The van der Waals surface area contributed by atoms with E-state index in [1.807, 2.05) is 32.9 Å². The van der Waals surface area contributed by atoms with Crippen LogP contribution in [0.3, 0.4) is 0 Å². The third-order valence-corrected chi connectivity index (χ3v) is 5.33. The first kappa shape index (κ1) is 23.2. The Morgan fingerprint density at radius 2 is 1.78 bits per heavy atom. The van der Waals surface area contributed by atoms with Crippen molar-refractivity contribution in [2.45, 2.75) is 26.2 Å². The minimum Gasteiger partial charge on any atom is -0.546 e. The van der Waals surface area contributed by atoms with E-state index in [0.717, 1.165) is 10.5 Å². The van der Waals surface area contributed by atoms with Crippen molar-refractivity contribution in [2.24, 2.45) is 0 Å². The van der Waals surface area contributed by atoms with Crippen molar-refractivity contribution >= 4 is 51.5 Å². The van der Waals surface area contributed by atoms with Crippen LogP contribution in [0.4, 0.5) is 10.5 Å². The SMILES string of the molecule is CC(C)(C)c1ccc(N2C(=O)NC(=O)/C(=C\c3ccc(OCC(=O)[O-])c(Br)c3)C2=O)cc1. The summed E-state index contributed by atoms with van der Waals surface area (Å²) < 4.78 is 5.50. The van der Waals surface area contributed by atoms with E-state index < -0.39 is 30.4 Å². The smallest absolute Gasteiger partial charge is 0.335 e. The molecule has 1 aliphatic rings. The normalized spacial score (nSPS) is 15.7. The third kappa shape index (κ3) is 5.05. The Labute approximate surface area is 193 Å². The number of nitrogens with zero attached hydrogens (tertiary/aromatic N) is 1. The molecule has 166 valence electrons. The monoisotopic (exact) mass is 499 g/mol. The van der Waals surface area contributed by atoms with Gasteiger partial charge in [-0.2, -0.15) is 0 Å². The van der Waals surface area contributed by atoms with Crippen LogP contribution in [0.15, 0.2) is 52.5 Å². The van der Waals surface area contributed by atoms with Crippen LogP contribution in [-0.2, 0) is 19.8 Å². The Kier molecular flexibility index (Phi) is 6.50. The molecule has 3 rings (SSSR count). The largest absolute Gasteiger partial charge is 0.546 e. The molecule has 0 saturated carbocycles. The first-order chi connectivity index (χ1) is 15.0. The molecule has 0 spiro atoms. The molecule has 0 atom stereocenters. The number of urea groups is 1. The van der Waals surface area contributed by atoms with Crippen molar-refractivity contribution in [3.8, 4) is 5.75 Å². The summed E-state index contributed by atoms with van der Waals surface area (Å²) in [5.41, 5.74) is 1.51. The average Bonchev–Trinajstić information content (AvgIpc) is 2.70. The van der Waals surface area contributed by atoms with E-state index in [9.17, 15) is 24.3 Å². The molecular weight excluding hydrogens is 480 g/mol. The van der Waals surface area contributed by atoms with E-state index in [-0.39, 0.29) is 16.7 Å². The first-order valence-electron chi connectivity index (χ1n) is 9.61. The summed E-state index contributed by atoms with van der Waals surface area (Å²) in [6.45, 7) is 5.53. The fraction of sp³-hybridized carbons (Fsp3) is 0.217. The number of hydrogen-bond acceptors (Lipinski definition) is 6. The molecule has 9 heteroatoms. The minimum absolute atomic E-state index is 0.0992. The van der Waals surface area contributed by atoms with Crippen molar-refractivity contribution in [3.63, 3.8) is 0 Å². The maximum atomic E-state index is 13.0. The van der Waals surface area contributed by atoms with Gasteiger partial charge in [0, 0.05) is 0 Å². The lowest BCUT2D eigenvalue weighted by atomic mass is 9.87. The van der Waals surface area contributed by atoms with Gasteiger partial charge in [-0.1, -0.05) is 39.0 Å². The summed E-state index contributed by atoms with van der Waals surface area (Å²) in [5.74, 6) is -2.68. The topological polar surface area (TPSA) is 116 Å². The molecule has 1 aliphatic heterocycles. The Hall–Kier alpha value is -3.46. The Balaban J connectivity index is 1.90. The van der Waals surface area contributed by atoms with Gasteiger partial charge in [0.1, 0.15) is 17.9 Å². The molecule has 0 unspecified atom stereocenters. The molecule has 32 heavy (non-hydrogen) atoms. The van der Waals surface area contributed by atoms with E-state index >= 15 is 0 Å². The summed E-state index contributed by atoms with van der Waals surface area (Å²) in [6.07, 6.45) is 1.34. The highest BCUT2D eigenvalue weighted by Crippen LogP contribution is 2.29. The molecule has 2 aromatic rings. The summed E-state index contributed by atoms with van der Waals surface area (Å²) >= 11 is 3.26. The molecule has 1 fully saturated rings. The van der Waals surface area contributed by atoms with Crippen LogP contribution in [0.5, 0.6) is 5.75 Å². The highest BCUT2D eigenvalue weighted by atomic mass is 79.9. The van der Waals surface area contributed by atoms with Crippen molar-refractivity contribution in [2.75, 3.05) is 11.5 Å². The number of carbonyl (C=O) groups is 4. The second-order valence-electron chi connectivity index (χ2n) is 8.11. The zero-order valence-electron chi connectivity index (χ0n) is 17.6. The van der Waals surface area contributed by atoms with Gasteiger partial charge in [0.2, 0.25) is 0 Å². The van der Waals surface area contributed by atoms with E-state index in [1.54, 1.807) is 24.3 Å². The number of nitrogens with one attached hydrogen (secondary N) is 1. The standard InChI is InChI=1S/C23H21BrN2O6/c1-23(2,3)14-5-7-15(8-6-14)26-21(30)16(20(29)25-22(26)31)10-13-4-9-18(17(24)11-13)32-12-19(27)28/h4-11H,12H2,1-3H3,(H,27,28)(H,25,29,31)/p-1/b16-10+. The Morgan fingerprint density at radius 3 is 2.34 bits per heavy atom. The predicted molar refractivity (Wildman–Crippen MR) is 119 cm³/mol. The van der Waals surface area contributed by atoms with E-state index in [2.05, 4.69) is 21.2 Å². The fourth-order valence-corrected chi connectivity index (χ4v) is 3.54. The number of imide groups is 2. The Morgan fingerprint density at radius 1 is 1.12 bits per heavy atom. The minimum atomic E-state index is -1.37. The average molecular weight is 500 g/mol. The molecule has 1 heterocycles. The van der Waals surface area contributed by atoms with Crippen molar-refractivity contribution < 1.29 is 29.0 Å².